The third-order valence-electron chi connectivity index (χ3n) is 5.43. The average molecular weight is 454 g/mol. The molecule has 2 N–H and O–H groups in total. The van der Waals surface area contributed by atoms with E-state index in [0.717, 1.165) is 11.1 Å². The van der Waals surface area contributed by atoms with E-state index < -0.39 is 0 Å². The summed E-state index contributed by atoms with van der Waals surface area (Å²) in [6.07, 6.45) is 3.61. The zero-order chi connectivity index (χ0) is 23.3. The molecule has 34 heavy (non-hydrogen) atoms. The van der Waals surface area contributed by atoms with Crippen molar-refractivity contribution in [1.82, 2.24) is 15.1 Å². The Kier molecular flexibility index (Phi) is 5.94. The van der Waals surface area contributed by atoms with Crippen LogP contribution in [0.4, 0.5) is 5.69 Å². The van der Waals surface area contributed by atoms with Gasteiger partial charge in [-0.05, 0) is 53.6 Å². The van der Waals surface area contributed by atoms with Crippen LogP contribution in [0.2, 0.25) is 0 Å². The lowest BCUT2D eigenvalue weighted by Crippen LogP contribution is -2.24. The van der Waals surface area contributed by atoms with Gasteiger partial charge >= 0.3 is 0 Å². The first-order valence-corrected chi connectivity index (χ1v) is 10.8. The summed E-state index contributed by atoms with van der Waals surface area (Å²) in [5.41, 5.74) is 3.24. The van der Waals surface area contributed by atoms with Crippen LogP contribution >= 0.6 is 0 Å². The van der Waals surface area contributed by atoms with Crippen molar-refractivity contribution in [3.63, 3.8) is 0 Å². The van der Waals surface area contributed by atoms with Crippen molar-refractivity contribution in [2.45, 2.75) is 13.1 Å². The highest BCUT2D eigenvalue weighted by Crippen LogP contribution is 2.32. The van der Waals surface area contributed by atoms with E-state index in [1.54, 1.807) is 42.6 Å². The summed E-state index contributed by atoms with van der Waals surface area (Å²) in [6.45, 7) is 1.14. The topological polar surface area (TPSA) is 94.5 Å². The summed E-state index contributed by atoms with van der Waals surface area (Å²) in [6, 6.07) is 21.6. The van der Waals surface area contributed by atoms with Crippen LogP contribution in [0.3, 0.4) is 0 Å². The third-order valence-corrected chi connectivity index (χ3v) is 5.43. The Balaban J connectivity index is 1.23. The molecule has 0 bridgehead atoms. The minimum atomic E-state index is -0.290. The van der Waals surface area contributed by atoms with Gasteiger partial charge in [0.25, 0.3) is 11.8 Å². The molecule has 5 rings (SSSR count). The number of carbonyl (C=O) groups excluding carboxylic acids is 2. The molecule has 8 nitrogen and oxygen atoms in total. The van der Waals surface area contributed by atoms with Crippen LogP contribution in [0.5, 0.6) is 11.5 Å². The molecule has 0 spiro atoms. The number of para-hydroxylation sites is 1. The van der Waals surface area contributed by atoms with E-state index in [2.05, 4.69) is 15.7 Å². The number of rotatable bonds is 7. The first kappa shape index (κ1) is 21.3. The van der Waals surface area contributed by atoms with Gasteiger partial charge in [0.2, 0.25) is 6.79 Å². The number of carbonyl (C=O) groups is 2. The van der Waals surface area contributed by atoms with E-state index in [1.165, 1.54) is 0 Å². The fourth-order valence-corrected chi connectivity index (χ4v) is 3.66. The molecule has 0 saturated carbocycles. The molecule has 0 saturated heterocycles. The second kappa shape index (κ2) is 9.50. The summed E-state index contributed by atoms with van der Waals surface area (Å²) in [5.74, 6) is 0.775. The van der Waals surface area contributed by atoms with Gasteiger partial charge in [-0.1, -0.05) is 30.3 Å². The van der Waals surface area contributed by atoms with Crippen molar-refractivity contribution in [3.8, 4) is 11.5 Å². The van der Waals surface area contributed by atoms with Gasteiger partial charge in [0.05, 0.1) is 17.8 Å². The fourth-order valence-electron chi connectivity index (χ4n) is 3.66. The minimum absolute atomic E-state index is 0.200. The molecule has 0 radical (unpaired) electrons. The summed E-state index contributed by atoms with van der Waals surface area (Å²) in [5, 5.41) is 9.93. The predicted molar refractivity (Wildman–Crippen MR) is 126 cm³/mol. The number of hydrogen-bond acceptors (Lipinski definition) is 5. The van der Waals surface area contributed by atoms with Crippen LogP contribution in [0.1, 0.15) is 31.8 Å². The Labute approximate surface area is 196 Å². The van der Waals surface area contributed by atoms with Gasteiger partial charge in [-0.25, -0.2) is 0 Å². The number of hydrogen-bond donors (Lipinski definition) is 2. The lowest BCUT2D eigenvalue weighted by molar-refractivity contribution is 0.0951. The standard InChI is InChI=1S/C26H22N4O4/c31-25(20-9-6-18(7-10-20)16-30-13-3-12-28-30)29-22-5-2-1-4-21(22)26(32)27-15-19-8-11-23-24(14-19)34-17-33-23/h1-14H,15-17H2,(H,27,32)(H,29,31). The SMILES string of the molecule is O=C(Nc1ccccc1C(=O)NCc1ccc2c(c1)OCO2)c1ccc(Cn2cccn2)cc1. The van der Waals surface area contributed by atoms with Gasteiger partial charge in [0.15, 0.2) is 11.5 Å². The molecule has 4 aromatic rings. The van der Waals surface area contributed by atoms with Crippen molar-refractivity contribution in [2.24, 2.45) is 0 Å². The summed E-state index contributed by atoms with van der Waals surface area (Å²) < 4.78 is 12.5. The van der Waals surface area contributed by atoms with Gasteiger partial charge in [-0.2, -0.15) is 5.10 Å². The molecule has 2 amide bonds. The quantitative estimate of drug-likeness (QED) is 0.443. The highest BCUT2D eigenvalue weighted by Gasteiger charge is 2.16. The largest absolute Gasteiger partial charge is 0.454 e. The normalized spacial score (nSPS) is 11.8. The summed E-state index contributed by atoms with van der Waals surface area (Å²) >= 11 is 0. The van der Waals surface area contributed by atoms with Crippen molar-refractivity contribution in [1.29, 1.82) is 0 Å². The number of nitrogens with zero attached hydrogens (tertiary/aromatic N) is 2. The van der Waals surface area contributed by atoms with E-state index >= 15 is 0 Å². The van der Waals surface area contributed by atoms with Crippen molar-refractivity contribution < 1.29 is 19.1 Å². The monoisotopic (exact) mass is 454 g/mol. The van der Waals surface area contributed by atoms with Gasteiger partial charge in [-0.3, -0.25) is 14.3 Å². The number of ether oxygens (including phenoxy) is 2. The Morgan fingerprint density at radius 3 is 2.50 bits per heavy atom. The molecular weight excluding hydrogens is 432 g/mol. The molecule has 1 aromatic heterocycles. The van der Waals surface area contributed by atoms with Crippen molar-refractivity contribution >= 4 is 17.5 Å². The Morgan fingerprint density at radius 2 is 1.68 bits per heavy atom. The van der Waals surface area contributed by atoms with E-state index in [0.29, 0.717) is 41.4 Å². The first-order valence-electron chi connectivity index (χ1n) is 10.8. The van der Waals surface area contributed by atoms with Gasteiger partial charge in [-0.15, -0.1) is 0 Å². The predicted octanol–water partition coefficient (Wildman–Crippen LogP) is 3.84. The van der Waals surface area contributed by atoms with Crippen LogP contribution < -0.4 is 20.1 Å². The maximum atomic E-state index is 12.9. The summed E-state index contributed by atoms with van der Waals surface area (Å²) in [4.78, 5) is 25.7. The molecule has 0 aliphatic carbocycles. The van der Waals surface area contributed by atoms with E-state index in [9.17, 15) is 9.59 Å². The number of aromatic nitrogens is 2. The average Bonchev–Trinajstić information content (AvgIpc) is 3.55. The molecule has 1 aliphatic heterocycles. The second-order valence-corrected chi connectivity index (χ2v) is 7.77. The molecule has 2 heterocycles. The zero-order valence-electron chi connectivity index (χ0n) is 18.2. The Hall–Kier alpha value is -4.59. The molecule has 3 aromatic carbocycles. The second-order valence-electron chi connectivity index (χ2n) is 7.77. The Morgan fingerprint density at radius 1 is 0.882 bits per heavy atom. The molecule has 170 valence electrons. The van der Waals surface area contributed by atoms with Gasteiger partial charge in [0.1, 0.15) is 0 Å². The number of fused-ring (bicyclic) bond motifs is 1. The van der Waals surface area contributed by atoms with Gasteiger partial charge < -0.3 is 20.1 Å². The number of amides is 2. The van der Waals surface area contributed by atoms with Crippen LogP contribution in [-0.2, 0) is 13.1 Å². The maximum Gasteiger partial charge on any atom is 0.255 e. The van der Waals surface area contributed by atoms with E-state index in [-0.39, 0.29) is 18.6 Å². The van der Waals surface area contributed by atoms with Crippen LogP contribution in [0, 0.1) is 0 Å². The van der Waals surface area contributed by atoms with Crippen LogP contribution in [0.15, 0.2) is 85.2 Å². The third kappa shape index (κ3) is 4.75. The van der Waals surface area contributed by atoms with Crippen LogP contribution in [0.25, 0.3) is 0 Å². The lowest BCUT2D eigenvalue weighted by atomic mass is 10.1. The number of anilines is 1. The highest BCUT2D eigenvalue weighted by molar-refractivity contribution is 6.09. The molecular formula is C26H22N4O4. The lowest BCUT2D eigenvalue weighted by Gasteiger charge is -2.12. The highest BCUT2D eigenvalue weighted by atomic mass is 16.7. The van der Waals surface area contributed by atoms with Crippen LogP contribution in [-0.4, -0.2) is 28.4 Å². The maximum absolute atomic E-state index is 12.9. The van der Waals surface area contributed by atoms with Crippen molar-refractivity contribution in [3.05, 3.63) is 107 Å². The first-order chi connectivity index (χ1) is 16.7. The number of benzene rings is 3. The van der Waals surface area contributed by atoms with Gasteiger partial charge in [0, 0.05) is 24.5 Å². The minimum Gasteiger partial charge on any atom is -0.454 e. The molecule has 1 aliphatic rings. The zero-order valence-corrected chi connectivity index (χ0v) is 18.2. The number of nitrogens with one attached hydrogen (secondary N) is 2. The van der Waals surface area contributed by atoms with E-state index in [4.69, 9.17) is 9.47 Å². The molecule has 0 fully saturated rings. The van der Waals surface area contributed by atoms with Crippen molar-refractivity contribution in [2.75, 3.05) is 12.1 Å². The smallest absolute Gasteiger partial charge is 0.255 e. The molecule has 0 atom stereocenters. The molecule has 8 heteroatoms. The van der Waals surface area contributed by atoms with E-state index in [1.807, 2.05) is 47.3 Å². The Bertz CT molecular complexity index is 1320. The molecule has 0 unspecified atom stereocenters. The fraction of sp³-hybridized carbons (Fsp3) is 0.115. The summed E-state index contributed by atoms with van der Waals surface area (Å²) in [7, 11) is 0.